The highest BCUT2D eigenvalue weighted by Gasteiger charge is 2.12. The van der Waals surface area contributed by atoms with Crippen molar-refractivity contribution in [2.45, 2.75) is 32.7 Å². The lowest BCUT2D eigenvalue weighted by atomic mass is 9.98. The Morgan fingerprint density at radius 3 is 2.55 bits per heavy atom. The molecular weight excluding hydrogens is 156 g/mol. The highest BCUT2D eigenvalue weighted by atomic mass is 32.2. The molecule has 11 heavy (non-hydrogen) atoms. The van der Waals surface area contributed by atoms with Gasteiger partial charge in [0.25, 0.3) is 0 Å². The minimum atomic E-state index is 0.493. The third-order valence-corrected chi connectivity index (χ3v) is 2.82. The van der Waals surface area contributed by atoms with Crippen LogP contribution >= 0.6 is 11.8 Å². The van der Waals surface area contributed by atoms with Crippen molar-refractivity contribution in [3.63, 3.8) is 0 Å². The number of rotatable bonds is 6. The first-order valence-corrected chi connectivity index (χ1v) is 5.60. The maximum Gasteiger partial charge on any atom is 0.0243 e. The van der Waals surface area contributed by atoms with Crippen LogP contribution in [-0.4, -0.2) is 18.1 Å². The average Bonchev–Trinajstić information content (AvgIpc) is 2.05. The lowest BCUT2D eigenvalue weighted by molar-refractivity contribution is 0.365. The molecule has 3 heteroatoms. The Morgan fingerprint density at radius 2 is 2.18 bits per heavy atom. The van der Waals surface area contributed by atoms with Crippen molar-refractivity contribution in [1.82, 2.24) is 5.43 Å². The van der Waals surface area contributed by atoms with Crippen molar-refractivity contribution in [3.05, 3.63) is 0 Å². The van der Waals surface area contributed by atoms with Gasteiger partial charge in [0.1, 0.15) is 0 Å². The molecule has 0 spiro atoms. The Bertz CT molecular complexity index is 88.2. The van der Waals surface area contributed by atoms with Gasteiger partial charge in [-0.1, -0.05) is 20.3 Å². The summed E-state index contributed by atoms with van der Waals surface area (Å²) in [5, 5.41) is 0. The summed E-state index contributed by atoms with van der Waals surface area (Å²) in [6.45, 7) is 4.44. The number of nitrogens with one attached hydrogen (secondary N) is 1. The van der Waals surface area contributed by atoms with Crippen molar-refractivity contribution in [1.29, 1.82) is 0 Å². The van der Waals surface area contributed by atoms with E-state index >= 15 is 0 Å². The largest absolute Gasteiger partial charge is 0.271 e. The normalized spacial score (nSPS) is 16.4. The van der Waals surface area contributed by atoms with E-state index in [0.717, 1.165) is 0 Å². The van der Waals surface area contributed by atoms with Gasteiger partial charge in [-0.25, -0.2) is 0 Å². The number of hydrogen-bond acceptors (Lipinski definition) is 3. The molecule has 0 aliphatic heterocycles. The Labute approximate surface area is 74.3 Å². The van der Waals surface area contributed by atoms with E-state index in [4.69, 9.17) is 5.84 Å². The van der Waals surface area contributed by atoms with Gasteiger partial charge in [-0.3, -0.25) is 11.3 Å². The molecule has 2 nitrogen and oxygen atoms in total. The van der Waals surface area contributed by atoms with Crippen LogP contribution < -0.4 is 11.3 Å². The topological polar surface area (TPSA) is 38.0 Å². The summed E-state index contributed by atoms with van der Waals surface area (Å²) in [7, 11) is 0. The summed E-state index contributed by atoms with van der Waals surface area (Å²) >= 11 is 1.88. The predicted molar refractivity (Wildman–Crippen MR) is 53.6 cm³/mol. The first kappa shape index (κ1) is 11.3. The monoisotopic (exact) mass is 176 g/mol. The molecule has 0 aromatic heterocycles. The predicted octanol–water partition coefficient (Wildman–Crippen LogP) is 1.62. The summed E-state index contributed by atoms with van der Waals surface area (Å²) in [6, 6.07) is 0.493. The lowest BCUT2D eigenvalue weighted by Gasteiger charge is -2.21. The number of nitrogens with two attached hydrogens (primary N) is 1. The van der Waals surface area contributed by atoms with Crippen molar-refractivity contribution in [2.24, 2.45) is 11.8 Å². The lowest BCUT2D eigenvalue weighted by Crippen LogP contribution is -2.40. The second-order valence-corrected chi connectivity index (χ2v) is 3.93. The highest BCUT2D eigenvalue weighted by Crippen LogP contribution is 2.12. The molecule has 0 saturated carbocycles. The quantitative estimate of drug-likeness (QED) is 0.477. The van der Waals surface area contributed by atoms with Crippen LogP contribution in [0.3, 0.4) is 0 Å². The van der Waals surface area contributed by atoms with Crippen molar-refractivity contribution < 1.29 is 0 Å². The van der Waals surface area contributed by atoms with Gasteiger partial charge >= 0.3 is 0 Å². The number of hydrogen-bond donors (Lipinski definition) is 2. The maximum atomic E-state index is 5.43. The van der Waals surface area contributed by atoms with Gasteiger partial charge in [-0.15, -0.1) is 0 Å². The molecule has 0 rings (SSSR count). The Morgan fingerprint density at radius 1 is 1.55 bits per heavy atom. The van der Waals surface area contributed by atoms with E-state index in [-0.39, 0.29) is 0 Å². The zero-order valence-electron chi connectivity index (χ0n) is 7.76. The van der Waals surface area contributed by atoms with Crippen molar-refractivity contribution in [3.8, 4) is 0 Å². The molecule has 3 N–H and O–H groups in total. The molecule has 0 radical (unpaired) electrons. The van der Waals surface area contributed by atoms with E-state index in [0.29, 0.717) is 12.0 Å². The first-order valence-electron chi connectivity index (χ1n) is 4.21. The molecule has 0 aliphatic rings. The molecule has 0 aliphatic carbocycles. The van der Waals surface area contributed by atoms with Gasteiger partial charge in [-0.05, 0) is 24.3 Å². The van der Waals surface area contributed by atoms with E-state index in [1.54, 1.807) is 0 Å². The summed E-state index contributed by atoms with van der Waals surface area (Å²) in [4.78, 5) is 0. The van der Waals surface area contributed by atoms with Crippen molar-refractivity contribution in [2.75, 3.05) is 12.0 Å². The van der Waals surface area contributed by atoms with Crippen LogP contribution in [0, 0.1) is 5.92 Å². The smallest absolute Gasteiger partial charge is 0.0243 e. The van der Waals surface area contributed by atoms with E-state index in [9.17, 15) is 0 Å². The molecule has 0 heterocycles. The van der Waals surface area contributed by atoms with Gasteiger partial charge in [0, 0.05) is 6.04 Å². The van der Waals surface area contributed by atoms with Crippen LogP contribution in [0.25, 0.3) is 0 Å². The average molecular weight is 176 g/mol. The summed E-state index contributed by atoms with van der Waals surface area (Å²) in [6.07, 6.45) is 4.50. The Balaban J connectivity index is 3.56. The molecule has 0 fully saturated rings. The zero-order valence-corrected chi connectivity index (χ0v) is 8.58. The number of thioether (sulfide) groups is 1. The minimum Gasteiger partial charge on any atom is -0.271 e. The van der Waals surface area contributed by atoms with E-state index in [1.807, 2.05) is 11.8 Å². The van der Waals surface area contributed by atoms with Crippen LogP contribution in [0.2, 0.25) is 0 Å². The van der Waals surface area contributed by atoms with Crippen LogP contribution in [0.15, 0.2) is 0 Å². The Kier molecular flexibility index (Phi) is 7.12. The molecule has 2 unspecified atom stereocenters. The number of hydrazine groups is 1. The second kappa shape index (κ2) is 6.95. The van der Waals surface area contributed by atoms with E-state index in [1.165, 1.54) is 18.6 Å². The first-order chi connectivity index (χ1) is 5.26. The molecule has 2 atom stereocenters. The van der Waals surface area contributed by atoms with E-state index < -0.39 is 0 Å². The maximum absolute atomic E-state index is 5.43. The van der Waals surface area contributed by atoms with Gasteiger partial charge < -0.3 is 0 Å². The molecule has 0 aromatic carbocycles. The van der Waals surface area contributed by atoms with Crippen LogP contribution in [0.1, 0.15) is 26.7 Å². The molecule has 0 amide bonds. The van der Waals surface area contributed by atoms with Gasteiger partial charge in [0.15, 0.2) is 0 Å². The van der Waals surface area contributed by atoms with Crippen LogP contribution in [0.5, 0.6) is 0 Å². The Hall–Kier alpha value is 0.270. The molecule has 0 bridgehead atoms. The van der Waals surface area contributed by atoms with Gasteiger partial charge in [-0.2, -0.15) is 11.8 Å². The standard InChI is InChI=1S/C8H20N2S/c1-4-7(2)8(10-9)5-6-11-3/h7-8,10H,4-6,9H2,1-3H3. The fourth-order valence-electron chi connectivity index (χ4n) is 1.06. The second-order valence-electron chi connectivity index (χ2n) is 2.94. The van der Waals surface area contributed by atoms with Crippen LogP contribution in [-0.2, 0) is 0 Å². The van der Waals surface area contributed by atoms with Gasteiger partial charge in [0.05, 0.1) is 0 Å². The summed E-state index contributed by atoms with van der Waals surface area (Å²) in [5.41, 5.74) is 2.87. The molecular formula is C8H20N2S. The molecule has 0 saturated heterocycles. The fourth-order valence-corrected chi connectivity index (χ4v) is 1.55. The zero-order chi connectivity index (χ0) is 8.69. The SMILES string of the molecule is CCC(C)C(CCSC)NN. The third-order valence-electron chi connectivity index (χ3n) is 2.18. The van der Waals surface area contributed by atoms with E-state index in [2.05, 4.69) is 25.5 Å². The highest BCUT2D eigenvalue weighted by molar-refractivity contribution is 7.98. The minimum absolute atomic E-state index is 0.493. The summed E-state index contributed by atoms with van der Waals surface area (Å²) < 4.78 is 0. The summed E-state index contributed by atoms with van der Waals surface area (Å²) in [5.74, 6) is 7.31. The molecule has 68 valence electrons. The fraction of sp³-hybridized carbons (Fsp3) is 1.00. The molecule has 0 aromatic rings. The van der Waals surface area contributed by atoms with Gasteiger partial charge in [0.2, 0.25) is 0 Å². The van der Waals surface area contributed by atoms with Crippen LogP contribution in [0.4, 0.5) is 0 Å². The third kappa shape index (κ3) is 4.67. The van der Waals surface area contributed by atoms with Crippen molar-refractivity contribution >= 4 is 11.8 Å².